The number of halogens is 4. The predicted molar refractivity (Wildman–Crippen MR) is 191 cm³/mol. The second kappa shape index (κ2) is 14.9. The fourth-order valence-electron chi connectivity index (χ4n) is 5.19. The Morgan fingerprint density at radius 3 is 2.25 bits per heavy atom. The normalized spacial score (nSPS) is 13.5. The number of alkyl halides is 3. The molecule has 0 spiro atoms. The number of aromatic amines is 1. The number of benzene rings is 3. The van der Waals surface area contributed by atoms with Crippen molar-refractivity contribution in [1.82, 2.24) is 35.8 Å². The van der Waals surface area contributed by atoms with E-state index in [0.29, 0.717) is 27.5 Å². The average molecular weight is 751 g/mol. The minimum atomic E-state index is -4.61. The van der Waals surface area contributed by atoms with Gasteiger partial charge in [-0.15, -0.1) is 0 Å². The minimum Gasteiger partial charge on any atom is -0.454 e. The van der Waals surface area contributed by atoms with Gasteiger partial charge in [0, 0.05) is 40.4 Å². The summed E-state index contributed by atoms with van der Waals surface area (Å²) in [4.78, 5) is 50.3. The van der Waals surface area contributed by atoms with E-state index in [2.05, 4.69) is 51.7 Å². The molecular formula is C35H34ClF3N10O4. The highest BCUT2D eigenvalue weighted by atomic mass is 35.5. The molecule has 0 radical (unpaired) electrons. The van der Waals surface area contributed by atoms with E-state index >= 15 is 0 Å². The molecule has 2 heterocycles. The number of H-pyrrole nitrogens is 1. The standard InChI is InChI=1S/C35H34ClF3N10O4/c1-33(2,18-41-28(51)29(52)43-25-12-5-21-16-42-49-26(21)15-25)17-40-27(50)20-3-10-24(11-4-20)44-30-45-31(47-32(46-30)53-19-35(37,38)39)48-34(13-14-34)22-6-8-23(36)9-7-22/h3-12,15-16H,13-14,17-19H2,1-2H3,(H,40,50)(H,41,51)(H,42,49)(H,43,52)(H2,44,45,46,47,48). The lowest BCUT2D eigenvalue weighted by molar-refractivity contribution is -0.154. The van der Waals surface area contributed by atoms with Gasteiger partial charge in [-0.1, -0.05) is 37.6 Å². The monoisotopic (exact) mass is 750 g/mol. The van der Waals surface area contributed by atoms with Gasteiger partial charge in [0.1, 0.15) is 0 Å². The van der Waals surface area contributed by atoms with E-state index < -0.39 is 47.5 Å². The van der Waals surface area contributed by atoms with Gasteiger partial charge >= 0.3 is 24.0 Å². The first-order valence-electron chi connectivity index (χ1n) is 16.3. The molecule has 0 saturated heterocycles. The highest BCUT2D eigenvalue weighted by molar-refractivity contribution is 6.39. The molecule has 1 aliphatic rings. The molecule has 1 fully saturated rings. The maximum atomic E-state index is 13.0. The van der Waals surface area contributed by atoms with Crippen LogP contribution in [-0.4, -0.2) is 68.7 Å². The summed E-state index contributed by atoms with van der Waals surface area (Å²) in [5, 5.41) is 22.2. The van der Waals surface area contributed by atoms with E-state index in [9.17, 15) is 27.6 Å². The number of nitrogens with zero attached hydrogens (tertiary/aromatic N) is 4. The first kappa shape index (κ1) is 36.8. The number of fused-ring (bicyclic) bond motifs is 1. The molecule has 14 nitrogen and oxygen atoms in total. The molecule has 2 aromatic heterocycles. The number of rotatable bonds is 13. The van der Waals surface area contributed by atoms with Crippen molar-refractivity contribution in [2.24, 2.45) is 5.41 Å². The van der Waals surface area contributed by atoms with Crippen molar-refractivity contribution in [3.8, 4) is 6.01 Å². The Kier molecular flexibility index (Phi) is 10.4. The molecule has 6 N–H and O–H groups in total. The van der Waals surface area contributed by atoms with Crippen LogP contribution >= 0.6 is 11.6 Å². The Balaban J connectivity index is 1.03. The zero-order chi connectivity index (χ0) is 37.8. The van der Waals surface area contributed by atoms with E-state index in [0.717, 1.165) is 23.8 Å². The van der Waals surface area contributed by atoms with Crippen molar-refractivity contribution in [3.05, 3.63) is 89.1 Å². The lowest BCUT2D eigenvalue weighted by atomic mass is 9.93. The smallest absolute Gasteiger partial charge is 0.422 e. The molecule has 5 aromatic rings. The summed E-state index contributed by atoms with van der Waals surface area (Å²) in [7, 11) is 0. The second-order valence-electron chi connectivity index (χ2n) is 13.2. The second-order valence-corrected chi connectivity index (χ2v) is 13.7. The van der Waals surface area contributed by atoms with Crippen molar-refractivity contribution in [1.29, 1.82) is 0 Å². The van der Waals surface area contributed by atoms with Crippen molar-refractivity contribution >= 4 is 63.5 Å². The summed E-state index contributed by atoms with van der Waals surface area (Å²) in [5.41, 5.74) is 1.66. The van der Waals surface area contributed by atoms with Gasteiger partial charge in [-0.2, -0.15) is 33.2 Å². The summed E-state index contributed by atoms with van der Waals surface area (Å²) in [6, 6.07) is 18.0. The summed E-state index contributed by atoms with van der Waals surface area (Å²) >= 11 is 6.03. The molecule has 18 heteroatoms. The third-order valence-electron chi connectivity index (χ3n) is 8.24. The maximum Gasteiger partial charge on any atom is 0.422 e. The number of aromatic nitrogens is 5. The molecular weight excluding hydrogens is 717 g/mol. The predicted octanol–water partition coefficient (Wildman–Crippen LogP) is 5.70. The number of hydrogen-bond donors (Lipinski definition) is 6. The van der Waals surface area contributed by atoms with Crippen LogP contribution in [0.5, 0.6) is 6.01 Å². The van der Waals surface area contributed by atoms with Crippen LogP contribution in [0.15, 0.2) is 72.9 Å². The van der Waals surface area contributed by atoms with Gasteiger partial charge in [-0.05, 0) is 78.4 Å². The van der Waals surface area contributed by atoms with Crippen molar-refractivity contribution in [2.75, 3.05) is 35.6 Å². The summed E-state index contributed by atoms with van der Waals surface area (Å²) in [6.07, 6.45) is -1.50. The third kappa shape index (κ3) is 9.88. The third-order valence-corrected chi connectivity index (χ3v) is 8.49. The van der Waals surface area contributed by atoms with Crippen LogP contribution < -0.4 is 31.3 Å². The van der Waals surface area contributed by atoms with Gasteiger partial charge in [0.2, 0.25) is 11.9 Å². The largest absolute Gasteiger partial charge is 0.454 e. The van der Waals surface area contributed by atoms with Crippen molar-refractivity contribution in [3.63, 3.8) is 0 Å². The molecule has 53 heavy (non-hydrogen) atoms. The molecule has 3 aromatic carbocycles. The van der Waals surface area contributed by atoms with Crippen LogP contribution in [-0.2, 0) is 15.1 Å². The number of amides is 3. The van der Waals surface area contributed by atoms with E-state index in [1.54, 1.807) is 60.8 Å². The number of carbonyl (C=O) groups is 3. The quantitative estimate of drug-likeness (QED) is 0.0816. The van der Waals surface area contributed by atoms with Gasteiger partial charge in [0.15, 0.2) is 6.61 Å². The number of anilines is 4. The Labute approximate surface area is 305 Å². The first-order valence-corrected chi connectivity index (χ1v) is 16.7. The molecule has 3 amide bonds. The van der Waals surface area contributed by atoms with Crippen LogP contribution in [0.25, 0.3) is 10.9 Å². The topological polar surface area (TPSA) is 188 Å². The summed E-state index contributed by atoms with van der Waals surface area (Å²) in [5.74, 6) is -2.13. The minimum absolute atomic E-state index is 0.00899. The van der Waals surface area contributed by atoms with Crippen LogP contribution in [0.1, 0.15) is 42.6 Å². The molecule has 0 bridgehead atoms. The van der Waals surface area contributed by atoms with E-state index in [1.165, 1.54) is 0 Å². The number of ether oxygens (including phenoxy) is 1. The Bertz CT molecular complexity index is 2120. The molecule has 1 saturated carbocycles. The first-order chi connectivity index (χ1) is 25.2. The Morgan fingerprint density at radius 1 is 0.868 bits per heavy atom. The Morgan fingerprint density at radius 2 is 1.55 bits per heavy atom. The number of hydrogen-bond acceptors (Lipinski definition) is 10. The fourth-order valence-corrected chi connectivity index (χ4v) is 5.32. The van der Waals surface area contributed by atoms with E-state index in [-0.39, 0.29) is 25.0 Å². The van der Waals surface area contributed by atoms with E-state index in [1.807, 2.05) is 26.0 Å². The zero-order valence-corrected chi connectivity index (χ0v) is 29.2. The molecule has 0 unspecified atom stereocenters. The van der Waals surface area contributed by atoms with Gasteiger partial charge in [-0.25, -0.2) is 0 Å². The van der Waals surface area contributed by atoms with Crippen molar-refractivity contribution < 1.29 is 32.3 Å². The summed E-state index contributed by atoms with van der Waals surface area (Å²) < 4.78 is 43.7. The summed E-state index contributed by atoms with van der Waals surface area (Å²) in [6.45, 7) is 2.30. The number of nitrogens with one attached hydrogen (secondary N) is 6. The molecule has 1 aliphatic carbocycles. The SMILES string of the molecule is CC(C)(CNC(=O)C(=O)Nc1ccc2cn[nH]c2c1)CNC(=O)c1ccc(Nc2nc(NC3(c4ccc(Cl)cc4)CC3)nc(OCC(F)(F)F)n2)cc1. The average Bonchev–Trinajstić information content (AvgIpc) is 3.74. The number of carbonyl (C=O) groups excluding carboxylic acids is 3. The van der Waals surface area contributed by atoms with Crippen LogP contribution in [0, 0.1) is 5.41 Å². The molecule has 276 valence electrons. The van der Waals surface area contributed by atoms with Gasteiger partial charge < -0.3 is 31.3 Å². The Hall–Kier alpha value is -5.97. The lowest BCUT2D eigenvalue weighted by Gasteiger charge is -2.25. The highest BCUT2D eigenvalue weighted by Gasteiger charge is 2.45. The lowest BCUT2D eigenvalue weighted by Crippen LogP contribution is -2.44. The molecule has 0 aliphatic heterocycles. The van der Waals surface area contributed by atoms with Gasteiger partial charge in [0.25, 0.3) is 5.91 Å². The van der Waals surface area contributed by atoms with Crippen LogP contribution in [0.2, 0.25) is 5.02 Å². The van der Waals surface area contributed by atoms with E-state index in [4.69, 9.17) is 16.3 Å². The van der Waals surface area contributed by atoms with Crippen LogP contribution in [0.3, 0.4) is 0 Å². The van der Waals surface area contributed by atoms with Crippen molar-refractivity contribution in [2.45, 2.75) is 38.4 Å². The van der Waals surface area contributed by atoms with Gasteiger partial charge in [0.05, 0.1) is 17.3 Å². The van der Waals surface area contributed by atoms with Crippen LogP contribution in [0.4, 0.5) is 36.4 Å². The molecule has 0 atom stereocenters. The fraction of sp³-hybridized carbons (Fsp3) is 0.286. The van der Waals surface area contributed by atoms with Gasteiger partial charge in [-0.3, -0.25) is 19.5 Å². The zero-order valence-electron chi connectivity index (χ0n) is 28.4. The highest BCUT2D eigenvalue weighted by Crippen LogP contribution is 2.48. The maximum absolute atomic E-state index is 13.0. The molecule has 6 rings (SSSR count).